The number of carbonyl (C=O) groups excluding carboxylic acids is 1. The van der Waals surface area contributed by atoms with Gasteiger partial charge in [-0.15, -0.1) is 0 Å². The summed E-state index contributed by atoms with van der Waals surface area (Å²) in [5, 5.41) is 0. The van der Waals surface area contributed by atoms with Gasteiger partial charge in [0.1, 0.15) is 5.69 Å². The highest BCUT2D eigenvalue weighted by Gasteiger charge is 1.99. The Morgan fingerprint density at radius 2 is 2.56 bits per heavy atom. The fourth-order valence-electron chi connectivity index (χ4n) is 0.516. The molecule has 9 heavy (non-hydrogen) atoms. The number of carbonyl (C=O) groups is 1. The molecule has 1 heterocycles. The van der Waals surface area contributed by atoms with E-state index < -0.39 is 0 Å². The molecule has 0 fully saturated rings. The Kier molecular flexibility index (Phi) is 1.22. The Morgan fingerprint density at radius 1 is 1.89 bits per heavy atom. The minimum atomic E-state index is -0.0563. The van der Waals surface area contributed by atoms with Crippen LogP contribution in [0.25, 0.3) is 0 Å². The maximum atomic E-state index is 10.5. The molecule has 1 aromatic rings. The normalized spacial score (nSPS) is 9.44. The molecule has 0 atom stereocenters. The number of hydrogen-bond donors (Lipinski definition) is 2. The number of aromatic amines is 1. The standard InChI is InChI=1S/C5H7N3O/c1-3(9)4-2-7-5(6)8-4/h2H,1H3,(H3,6,7,8). The number of Topliss-reactive ketones (excluding diaryl/α,β-unsaturated/α-hetero) is 1. The highest BCUT2D eigenvalue weighted by atomic mass is 16.1. The van der Waals surface area contributed by atoms with E-state index in [9.17, 15) is 4.79 Å². The molecule has 0 aromatic carbocycles. The van der Waals surface area contributed by atoms with Crippen LogP contribution in [0.1, 0.15) is 17.4 Å². The van der Waals surface area contributed by atoms with Crippen LogP contribution >= 0.6 is 0 Å². The lowest BCUT2D eigenvalue weighted by atomic mass is 10.3. The highest BCUT2D eigenvalue weighted by Crippen LogP contribution is 1.97. The SMILES string of the molecule is CC(=O)c1cnc(N)[nH]1. The van der Waals surface area contributed by atoms with Gasteiger partial charge in [-0.3, -0.25) is 4.79 Å². The van der Waals surface area contributed by atoms with Gasteiger partial charge in [0.2, 0.25) is 0 Å². The summed E-state index contributed by atoms with van der Waals surface area (Å²) in [5.41, 5.74) is 5.65. The molecule has 1 rings (SSSR count). The zero-order chi connectivity index (χ0) is 6.85. The molecule has 0 bridgehead atoms. The van der Waals surface area contributed by atoms with Crippen LogP contribution in [0.5, 0.6) is 0 Å². The average molecular weight is 125 g/mol. The quantitative estimate of drug-likeness (QED) is 0.526. The van der Waals surface area contributed by atoms with Gasteiger partial charge in [0, 0.05) is 6.92 Å². The lowest BCUT2D eigenvalue weighted by Gasteiger charge is -1.82. The highest BCUT2D eigenvalue weighted by molar-refractivity contribution is 5.92. The zero-order valence-electron chi connectivity index (χ0n) is 5.01. The van der Waals surface area contributed by atoms with Gasteiger partial charge in [-0.25, -0.2) is 4.98 Å². The Morgan fingerprint density at radius 3 is 2.78 bits per heavy atom. The summed E-state index contributed by atoms with van der Waals surface area (Å²) in [4.78, 5) is 16.8. The van der Waals surface area contributed by atoms with Crippen molar-refractivity contribution in [3.63, 3.8) is 0 Å². The number of nitrogens with two attached hydrogens (primary N) is 1. The predicted octanol–water partition coefficient (Wildman–Crippen LogP) is 0.195. The van der Waals surface area contributed by atoms with Crippen molar-refractivity contribution in [3.8, 4) is 0 Å². The van der Waals surface area contributed by atoms with E-state index in [4.69, 9.17) is 5.73 Å². The Balaban J connectivity index is 2.98. The number of nitrogen functional groups attached to an aromatic ring is 1. The van der Waals surface area contributed by atoms with E-state index >= 15 is 0 Å². The van der Waals surface area contributed by atoms with Crippen molar-refractivity contribution in [1.82, 2.24) is 9.97 Å². The van der Waals surface area contributed by atoms with Gasteiger partial charge in [0.05, 0.1) is 6.20 Å². The molecule has 0 aliphatic heterocycles. The second-order valence-corrected chi connectivity index (χ2v) is 1.74. The Labute approximate surface area is 52.1 Å². The number of hydrogen-bond acceptors (Lipinski definition) is 3. The van der Waals surface area contributed by atoms with E-state index in [0.29, 0.717) is 5.69 Å². The van der Waals surface area contributed by atoms with E-state index in [-0.39, 0.29) is 11.7 Å². The Hall–Kier alpha value is -1.32. The monoisotopic (exact) mass is 125 g/mol. The third-order valence-electron chi connectivity index (χ3n) is 0.975. The number of aromatic nitrogens is 2. The van der Waals surface area contributed by atoms with Crippen LogP contribution in [0.3, 0.4) is 0 Å². The number of H-pyrrole nitrogens is 1. The maximum absolute atomic E-state index is 10.5. The smallest absolute Gasteiger partial charge is 0.197 e. The van der Waals surface area contributed by atoms with Gasteiger partial charge in [-0.1, -0.05) is 0 Å². The Bertz CT molecular complexity index is 228. The molecule has 3 N–H and O–H groups in total. The molecule has 0 saturated carbocycles. The second kappa shape index (κ2) is 1.89. The first-order chi connectivity index (χ1) is 4.20. The van der Waals surface area contributed by atoms with E-state index in [1.54, 1.807) is 0 Å². The number of ketones is 1. The minimum Gasteiger partial charge on any atom is -0.369 e. The third-order valence-corrected chi connectivity index (χ3v) is 0.975. The van der Waals surface area contributed by atoms with Crippen LogP contribution in [0.2, 0.25) is 0 Å². The number of rotatable bonds is 1. The van der Waals surface area contributed by atoms with Gasteiger partial charge >= 0.3 is 0 Å². The summed E-state index contributed by atoms with van der Waals surface area (Å²) in [5.74, 6) is 0.222. The first-order valence-corrected chi connectivity index (χ1v) is 2.51. The van der Waals surface area contributed by atoms with Gasteiger partial charge in [-0.2, -0.15) is 0 Å². The second-order valence-electron chi connectivity index (χ2n) is 1.74. The third kappa shape index (κ3) is 1.07. The molecule has 0 unspecified atom stereocenters. The first kappa shape index (κ1) is 5.81. The molecule has 0 spiro atoms. The van der Waals surface area contributed by atoms with Gasteiger partial charge in [0.15, 0.2) is 11.7 Å². The lowest BCUT2D eigenvalue weighted by molar-refractivity contribution is 0.101. The van der Waals surface area contributed by atoms with E-state index in [1.165, 1.54) is 13.1 Å². The first-order valence-electron chi connectivity index (χ1n) is 2.51. The molecule has 0 radical (unpaired) electrons. The largest absolute Gasteiger partial charge is 0.369 e. The van der Waals surface area contributed by atoms with E-state index in [0.717, 1.165) is 0 Å². The summed E-state index contributed by atoms with van der Waals surface area (Å²) in [6.07, 6.45) is 1.41. The van der Waals surface area contributed by atoms with Crippen LogP contribution in [0.15, 0.2) is 6.20 Å². The summed E-state index contributed by atoms with van der Waals surface area (Å²) in [6, 6.07) is 0. The van der Waals surface area contributed by atoms with Crippen molar-refractivity contribution in [3.05, 3.63) is 11.9 Å². The molecule has 1 aromatic heterocycles. The maximum Gasteiger partial charge on any atom is 0.197 e. The zero-order valence-corrected chi connectivity index (χ0v) is 5.01. The molecular weight excluding hydrogens is 118 g/mol. The molecule has 0 saturated heterocycles. The summed E-state index contributed by atoms with van der Waals surface area (Å²) in [7, 11) is 0. The summed E-state index contributed by atoms with van der Waals surface area (Å²) in [6.45, 7) is 1.45. The van der Waals surface area contributed by atoms with Gasteiger partial charge in [-0.05, 0) is 0 Å². The van der Waals surface area contributed by atoms with Crippen LogP contribution in [0, 0.1) is 0 Å². The van der Waals surface area contributed by atoms with Gasteiger partial charge in [0.25, 0.3) is 0 Å². The fraction of sp³-hybridized carbons (Fsp3) is 0.200. The molecule has 0 aliphatic rings. The number of nitrogens with zero attached hydrogens (tertiary/aromatic N) is 1. The van der Waals surface area contributed by atoms with Crippen molar-refractivity contribution in [1.29, 1.82) is 0 Å². The summed E-state index contributed by atoms with van der Waals surface area (Å²) < 4.78 is 0. The molecule has 4 nitrogen and oxygen atoms in total. The summed E-state index contributed by atoms with van der Waals surface area (Å²) >= 11 is 0. The van der Waals surface area contributed by atoms with E-state index in [1.807, 2.05) is 0 Å². The van der Waals surface area contributed by atoms with Crippen LogP contribution in [0.4, 0.5) is 5.95 Å². The fourth-order valence-corrected chi connectivity index (χ4v) is 0.516. The van der Waals surface area contributed by atoms with Crippen LogP contribution < -0.4 is 5.73 Å². The average Bonchev–Trinajstić information content (AvgIpc) is 2.14. The molecule has 4 heteroatoms. The topological polar surface area (TPSA) is 71.8 Å². The van der Waals surface area contributed by atoms with Crippen molar-refractivity contribution in [2.45, 2.75) is 6.92 Å². The molecule has 0 amide bonds. The number of nitrogens with one attached hydrogen (secondary N) is 1. The number of anilines is 1. The number of imidazole rings is 1. The van der Waals surface area contributed by atoms with Gasteiger partial charge < -0.3 is 10.7 Å². The molecule has 0 aliphatic carbocycles. The van der Waals surface area contributed by atoms with Crippen molar-refractivity contribution in [2.75, 3.05) is 5.73 Å². The van der Waals surface area contributed by atoms with Crippen molar-refractivity contribution in [2.24, 2.45) is 0 Å². The molecule has 48 valence electrons. The minimum absolute atomic E-state index is 0.0563. The predicted molar refractivity (Wildman–Crippen MR) is 33.0 cm³/mol. The van der Waals surface area contributed by atoms with Crippen molar-refractivity contribution < 1.29 is 4.79 Å². The van der Waals surface area contributed by atoms with Crippen molar-refractivity contribution >= 4 is 11.7 Å². The van der Waals surface area contributed by atoms with Crippen LogP contribution in [-0.2, 0) is 0 Å². The van der Waals surface area contributed by atoms with Crippen LogP contribution in [-0.4, -0.2) is 15.8 Å². The molecular formula is C5H7N3O. The van der Waals surface area contributed by atoms with E-state index in [2.05, 4.69) is 9.97 Å². The lowest BCUT2D eigenvalue weighted by Crippen LogP contribution is -1.92.